The maximum atomic E-state index is 6.18. The molecule has 9 rings (SSSR count). The largest absolute Gasteiger partial charge is 0.464 e. The van der Waals surface area contributed by atoms with E-state index < -0.39 is 0 Å². The van der Waals surface area contributed by atoms with Gasteiger partial charge in [-0.15, -0.1) is 0 Å². The summed E-state index contributed by atoms with van der Waals surface area (Å²) in [6.07, 6.45) is 1.88. The predicted octanol–water partition coefficient (Wildman–Crippen LogP) is 11.6. The second-order valence-electron chi connectivity index (χ2n) is 10.8. The topological polar surface area (TPSA) is 26.3 Å². The minimum atomic E-state index is 0.863. The van der Waals surface area contributed by atoms with E-state index in [1.807, 2.05) is 30.5 Å². The molecule has 7 aromatic carbocycles. The normalized spacial score (nSPS) is 11.8. The van der Waals surface area contributed by atoms with Crippen LogP contribution in [0.2, 0.25) is 0 Å². The average molecular weight is 537 g/mol. The first kappa shape index (κ1) is 23.1. The molecule has 2 nitrogen and oxygen atoms in total. The van der Waals surface area contributed by atoms with Crippen LogP contribution in [-0.2, 0) is 0 Å². The molecule has 42 heavy (non-hydrogen) atoms. The second-order valence-corrected chi connectivity index (χ2v) is 10.8. The van der Waals surface area contributed by atoms with Crippen molar-refractivity contribution >= 4 is 54.5 Å². The molecule has 196 valence electrons. The lowest BCUT2D eigenvalue weighted by molar-refractivity contribution is 0.616. The van der Waals surface area contributed by atoms with Gasteiger partial charge in [-0.1, -0.05) is 121 Å². The van der Waals surface area contributed by atoms with Crippen molar-refractivity contribution in [3.8, 4) is 33.4 Å². The van der Waals surface area contributed by atoms with E-state index >= 15 is 0 Å². The minimum absolute atomic E-state index is 0.863. The molecule has 0 saturated heterocycles. The molecular weight excluding hydrogens is 512 g/mol. The van der Waals surface area contributed by atoms with Crippen LogP contribution in [0.1, 0.15) is 0 Å². The summed E-state index contributed by atoms with van der Waals surface area (Å²) in [7, 11) is 0. The number of hydrogen-bond donors (Lipinski definition) is 0. The fourth-order valence-electron chi connectivity index (χ4n) is 6.73. The third-order valence-electron chi connectivity index (χ3n) is 8.56. The fourth-order valence-corrected chi connectivity index (χ4v) is 6.73. The molecule has 0 saturated carbocycles. The molecule has 0 spiro atoms. The highest BCUT2D eigenvalue weighted by Crippen LogP contribution is 2.45. The lowest BCUT2D eigenvalue weighted by atomic mass is 9.85. The smallest absolute Gasteiger partial charge is 0.136 e. The van der Waals surface area contributed by atoms with Crippen LogP contribution in [0.25, 0.3) is 87.8 Å². The van der Waals surface area contributed by atoms with Crippen molar-refractivity contribution < 1.29 is 8.83 Å². The number of para-hydroxylation sites is 1. The van der Waals surface area contributed by atoms with Crippen molar-refractivity contribution in [1.29, 1.82) is 0 Å². The van der Waals surface area contributed by atoms with Gasteiger partial charge in [-0.3, -0.25) is 0 Å². The van der Waals surface area contributed by atoms with Gasteiger partial charge in [0.25, 0.3) is 0 Å². The van der Waals surface area contributed by atoms with E-state index in [2.05, 4.69) is 115 Å². The zero-order chi connectivity index (χ0) is 27.6. The summed E-state index contributed by atoms with van der Waals surface area (Å²) in [5.74, 6) is 0. The Labute approximate surface area is 242 Å². The Morgan fingerprint density at radius 2 is 0.833 bits per heavy atom. The Morgan fingerprint density at radius 3 is 1.48 bits per heavy atom. The summed E-state index contributed by atoms with van der Waals surface area (Å²) in [5, 5.41) is 8.32. The minimum Gasteiger partial charge on any atom is -0.464 e. The van der Waals surface area contributed by atoms with Crippen LogP contribution in [0.5, 0.6) is 0 Å². The number of hydrogen-bond acceptors (Lipinski definition) is 2. The van der Waals surface area contributed by atoms with E-state index in [1.54, 1.807) is 0 Å². The summed E-state index contributed by atoms with van der Waals surface area (Å²) in [6, 6.07) is 49.4. The molecule has 0 N–H and O–H groups in total. The molecule has 0 unspecified atom stereocenters. The average Bonchev–Trinajstić information content (AvgIpc) is 3.65. The Balaban J connectivity index is 1.27. The summed E-state index contributed by atoms with van der Waals surface area (Å²) < 4.78 is 12.3. The van der Waals surface area contributed by atoms with Gasteiger partial charge in [-0.2, -0.15) is 0 Å². The van der Waals surface area contributed by atoms with Gasteiger partial charge in [0.15, 0.2) is 0 Å². The molecule has 0 amide bonds. The predicted molar refractivity (Wildman–Crippen MR) is 175 cm³/mol. The van der Waals surface area contributed by atoms with Gasteiger partial charge in [-0.05, 0) is 67.6 Å². The highest BCUT2D eigenvalue weighted by atomic mass is 16.3. The maximum Gasteiger partial charge on any atom is 0.136 e. The lowest BCUT2D eigenvalue weighted by Gasteiger charge is -2.17. The third kappa shape index (κ3) is 3.33. The SMILES string of the molecule is c1ccc(-c2c3ccccc3c(-c3ccc(-c4coc5ccc6oc7ccccc7c6c45)cc3)c3ccccc23)cc1. The van der Waals surface area contributed by atoms with E-state index in [-0.39, 0.29) is 0 Å². The number of benzene rings is 7. The van der Waals surface area contributed by atoms with E-state index in [9.17, 15) is 0 Å². The zero-order valence-corrected chi connectivity index (χ0v) is 22.7. The molecule has 2 heterocycles. The molecule has 0 aliphatic heterocycles. The van der Waals surface area contributed by atoms with Crippen molar-refractivity contribution in [1.82, 2.24) is 0 Å². The van der Waals surface area contributed by atoms with Crippen molar-refractivity contribution in [2.75, 3.05) is 0 Å². The molecular formula is C40H24O2. The van der Waals surface area contributed by atoms with Crippen LogP contribution < -0.4 is 0 Å². The van der Waals surface area contributed by atoms with Gasteiger partial charge in [0, 0.05) is 21.7 Å². The molecule has 9 aromatic rings. The van der Waals surface area contributed by atoms with Gasteiger partial charge in [-0.25, -0.2) is 0 Å². The first-order valence-electron chi connectivity index (χ1n) is 14.3. The fraction of sp³-hybridized carbons (Fsp3) is 0. The second kappa shape index (κ2) is 8.95. The van der Waals surface area contributed by atoms with E-state index in [0.29, 0.717) is 0 Å². The van der Waals surface area contributed by atoms with Crippen molar-refractivity contribution in [2.24, 2.45) is 0 Å². The summed E-state index contributed by atoms with van der Waals surface area (Å²) in [5.41, 5.74) is 9.78. The van der Waals surface area contributed by atoms with Crippen LogP contribution in [0.3, 0.4) is 0 Å². The van der Waals surface area contributed by atoms with Gasteiger partial charge >= 0.3 is 0 Å². The number of furan rings is 2. The Kier molecular flexibility index (Phi) is 4.93. The van der Waals surface area contributed by atoms with Crippen molar-refractivity contribution in [3.63, 3.8) is 0 Å². The molecule has 0 radical (unpaired) electrons. The quantitative estimate of drug-likeness (QED) is 0.210. The number of fused-ring (bicyclic) bond motifs is 7. The van der Waals surface area contributed by atoms with E-state index in [0.717, 1.165) is 44.0 Å². The van der Waals surface area contributed by atoms with Gasteiger partial charge in [0.1, 0.15) is 16.7 Å². The first-order chi connectivity index (χ1) is 20.8. The molecule has 2 heteroatoms. The standard InChI is InChI=1S/C40H24O2/c1-2-10-26(11-3-1)37-28-12-4-6-14-30(28)38(31-15-7-5-13-29(31)37)27-20-18-25(19-21-27)33-24-41-35-22-23-36-39(40(33)35)32-16-8-9-17-34(32)42-36/h1-24H. The Morgan fingerprint density at radius 1 is 0.333 bits per heavy atom. The highest BCUT2D eigenvalue weighted by Gasteiger charge is 2.19. The third-order valence-corrected chi connectivity index (χ3v) is 8.56. The maximum absolute atomic E-state index is 6.18. The van der Waals surface area contributed by atoms with Crippen LogP contribution >= 0.6 is 0 Å². The monoisotopic (exact) mass is 536 g/mol. The Hall–Kier alpha value is -5.60. The summed E-state index contributed by atoms with van der Waals surface area (Å²) >= 11 is 0. The molecule has 0 fully saturated rings. The summed E-state index contributed by atoms with van der Waals surface area (Å²) in [6.45, 7) is 0. The Bertz CT molecular complexity index is 2380. The first-order valence-corrected chi connectivity index (χ1v) is 14.3. The molecule has 0 aliphatic carbocycles. The molecule has 2 aromatic heterocycles. The van der Waals surface area contributed by atoms with Gasteiger partial charge in [0.2, 0.25) is 0 Å². The highest BCUT2D eigenvalue weighted by molar-refractivity contribution is 6.23. The lowest BCUT2D eigenvalue weighted by Crippen LogP contribution is -1.90. The van der Waals surface area contributed by atoms with Crippen molar-refractivity contribution in [3.05, 3.63) is 146 Å². The number of rotatable bonds is 3. The zero-order valence-electron chi connectivity index (χ0n) is 22.7. The van der Waals surface area contributed by atoms with Crippen LogP contribution in [0, 0.1) is 0 Å². The van der Waals surface area contributed by atoms with Crippen LogP contribution in [0.4, 0.5) is 0 Å². The van der Waals surface area contributed by atoms with Crippen LogP contribution in [-0.4, -0.2) is 0 Å². The molecule has 0 atom stereocenters. The van der Waals surface area contributed by atoms with Crippen molar-refractivity contribution in [2.45, 2.75) is 0 Å². The van der Waals surface area contributed by atoms with Gasteiger partial charge < -0.3 is 8.83 Å². The van der Waals surface area contributed by atoms with Crippen LogP contribution in [0.15, 0.2) is 155 Å². The van der Waals surface area contributed by atoms with E-state index in [4.69, 9.17) is 8.83 Å². The van der Waals surface area contributed by atoms with E-state index in [1.165, 1.54) is 43.8 Å². The summed E-state index contributed by atoms with van der Waals surface area (Å²) in [4.78, 5) is 0. The molecule has 0 aliphatic rings. The van der Waals surface area contributed by atoms with Gasteiger partial charge in [0.05, 0.1) is 6.26 Å². The molecule has 0 bridgehead atoms.